The van der Waals surface area contributed by atoms with Crippen LogP contribution in [0, 0.1) is 0 Å². The Balaban J connectivity index is 2.26. The Hall–Kier alpha value is -1.62. The van der Waals surface area contributed by atoms with E-state index in [1.54, 1.807) is 19.4 Å². The van der Waals surface area contributed by atoms with E-state index in [1.807, 2.05) is 6.07 Å². The third-order valence-corrected chi connectivity index (χ3v) is 2.50. The number of carbonyl (C=O) groups is 1. The second-order valence-electron chi connectivity index (χ2n) is 5.41. The minimum Gasteiger partial charge on any atom is -0.481 e. The number of pyridine rings is 1. The van der Waals surface area contributed by atoms with Gasteiger partial charge in [0.1, 0.15) is 0 Å². The van der Waals surface area contributed by atoms with E-state index in [0.29, 0.717) is 25.4 Å². The van der Waals surface area contributed by atoms with Crippen molar-refractivity contribution in [1.82, 2.24) is 15.6 Å². The van der Waals surface area contributed by atoms with Gasteiger partial charge >= 0.3 is 0 Å². The van der Waals surface area contributed by atoms with Crippen molar-refractivity contribution in [2.45, 2.75) is 39.3 Å². The molecule has 0 aliphatic carbocycles. The molecule has 0 spiro atoms. The number of ether oxygens (including phenoxy) is 1. The van der Waals surface area contributed by atoms with Gasteiger partial charge in [0.05, 0.1) is 7.11 Å². The number of nitrogens with one attached hydrogen (secondary N) is 2. The smallest absolute Gasteiger partial charge is 0.221 e. The Labute approximate surface area is 114 Å². The molecule has 0 unspecified atom stereocenters. The fraction of sp³-hybridized carbons (Fsp3) is 0.571. The molecule has 19 heavy (non-hydrogen) atoms. The van der Waals surface area contributed by atoms with E-state index in [2.05, 4.69) is 36.4 Å². The lowest BCUT2D eigenvalue weighted by atomic mass is 10.1. The summed E-state index contributed by atoms with van der Waals surface area (Å²) in [4.78, 5) is 15.7. The number of rotatable bonds is 6. The van der Waals surface area contributed by atoms with E-state index in [0.717, 1.165) is 5.56 Å². The molecule has 1 amide bonds. The summed E-state index contributed by atoms with van der Waals surface area (Å²) >= 11 is 0. The van der Waals surface area contributed by atoms with Gasteiger partial charge < -0.3 is 15.4 Å². The molecular formula is C14H23N3O2. The van der Waals surface area contributed by atoms with E-state index in [4.69, 9.17) is 4.74 Å². The van der Waals surface area contributed by atoms with Crippen LogP contribution in [0.3, 0.4) is 0 Å². The minimum atomic E-state index is 0.0348. The van der Waals surface area contributed by atoms with Crippen LogP contribution in [-0.2, 0) is 11.3 Å². The topological polar surface area (TPSA) is 63.2 Å². The Morgan fingerprint density at radius 1 is 1.37 bits per heavy atom. The van der Waals surface area contributed by atoms with Gasteiger partial charge in [-0.1, -0.05) is 6.07 Å². The highest BCUT2D eigenvalue weighted by atomic mass is 16.5. The van der Waals surface area contributed by atoms with Crippen LogP contribution in [0.15, 0.2) is 18.3 Å². The second kappa shape index (κ2) is 7.09. The van der Waals surface area contributed by atoms with Crippen LogP contribution in [-0.4, -0.2) is 30.1 Å². The summed E-state index contributed by atoms with van der Waals surface area (Å²) in [5, 5.41) is 6.14. The molecule has 0 atom stereocenters. The lowest BCUT2D eigenvalue weighted by molar-refractivity contribution is -0.121. The van der Waals surface area contributed by atoms with Gasteiger partial charge in [-0.2, -0.15) is 0 Å². The van der Waals surface area contributed by atoms with Gasteiger partial charge in [0.15, 0.2) is 0 Å². The molecule has 0 aliphatic rings. The summed E-state index contributed by atoms with van der Waals surface area (Å²) < 4.78 is 4.97. The van der Waals surface area contributed by atoms with Crippen LogP contribution in [0.5, 0.6) is 5.88 Å². The number of hydrogen-bond acceptors (Lipinski definition) is 4. The first-order chi connectivity index (χ1) is 8.90. The molecule has 1 aromatic rings. The maximum atomic E-state index is 11.6. The zero-order valence-corrected chi connectivity index (χ0v) is 12.1. The third kappa shape index (κ3) is 6.76. The first kappa shape index (κ1) is 15.4. The summed E-state index contributed by atoms with van der Waals surface area (Å²) in [5.74, 6) is 0.608. The van der Waals surface area contributed by atoms with E-state index < -0.39 is 0 Å². The van der Waals surface area contributed by atoms with Gasteiger partial charge in [-0.3, -0.25) is 4.79 Å². The van der Waals surface area contributed by atoms with Crippen LogP contribution < -0.4 is 15.4 Å². The van der Waals surface area contributed by atoms with Crippen molar-refractivity contribution < 1.29 is 9.53 Å². The summed E-state index contributed by atoms with van der Waals surface area (Å²) in [7, 11) is 1.58. The number of methoxy groups -OCH3 is 1. The molecule has 1 rings (SSSR count). The van der Waals surface area contributed by atoms with Crippen molar-refractivity contribution in [1.29, 1.82) is 0 Å². The summed E-state index contributed by atoms with van der Waals surface area (Å²) in [6.45, 7) is 7.40. The summed E-state index contributed by atoms with van der Waals surface area (Å²) in [6.07, 6.45) is 2.17. The predicted molar refractivity (Wildman–Crippen MR) is 75.0 cm³/mol. The lowest BCUT2D eigenvalue weighted by Crippen LogP contribution is -2.38. The Bertz CT molecular complexity index is 396. The third-order valence-electron chi connectivity index (χ3n) is 2.50. The average Bonchev–Trinajstić information content (AvgIpc) is 2.35. The number of amides is 1. The van der Waals surface area contributed by atoms with Crippen molar-refractivity contribution in [3.8, 4) is 5.88 Å². The van der Waals surface area contributed by atoms with Gasteiger partial charge in [-0.25, -0.2) is 4.98 Å². The van der Waals surface area contributed by atoms with Gasteiger partial charge in [0.2, 0.25) is 11.8 Å². The molecule has 0 radical (unpaired) electrons. The normalized spacial score (nSPS) is 11.2. The summed E-state index contributed by atoms with van der Waals surface area (Å²) in [5.41, 5.74) is 0.998. The van der Waals surface area contributed by atoms with Gasteiger partial charge in [0.25, 0.3) is 0 Å². The Morgan fingerprint density at radius 3 is 2.63 bits per heavy atom. The summed E-state index contributed by atoms with van der Waals surface area (Å²) in [6, 6.07) is 3.67. The van der Waals surface area contributed by atoms with Gasteiger partial charge in [-0.05, 0) is 26.3 Å². The van der Waals surface area contributed by atoms with Crippen molar-refractivity contribution in [2.24, 2.45) is 0 Å². The molecule has 1 heterocycles. The molecule has 0 saturated carbocycles. The Morgan fingerprint density at radius 2 is 2.11 bits per heavy atom. The maximum Gasteiger partial charge on any atom is 0.221 e. The fourth-order valence-electron chi connectivity index (χ4n) is 1.48. The van der Waals surface area contributed by atoms with Crippen LogP contribution in [0.25, 0.3) is 0 Å². The molecule has 1 aromatic heterocycles. The number of nitrogens with zero attached hydrogens (tertiary/aromatic N) is 1. The van der Waals surface area contributed by atoms with E-state index in [-0.39, 0.29) is 11.4 Å². The van der Waals surface area contributed by atoms with Crippen molar-refractivity contribution in [2.75, 3.05) is 13.7 Å². The van der Waals surface area contributed by atoms with Crippen LogP contribution in [0.1, 0.15) is 32.8 Å². The molecule has 0 bridgehead atoms. The van der Waals surface area contributed by atoms with E-state index in [9.17, 15) is 4.79 Å². The molecule has 2 N–H and O–H groups in total. The average molecular weight is 265 g/mol. The number of aromatic nitrogens is 1. The standard InChI is InChI=1S/C14H23N3O2/c1-14(2,3)17-8-7-12(18)15-9-11-5-6-13(19-4)16-10-11/h5-6,10,17H,7-9H2,1-4H3,(H,15,18). The highest BCUT2D eigenvalue weighted by Gasteiger charge is 2.09. The van der Waals surface area contributed by atoms with Gasteiger partial charge in [0, 0.05) is 37.3 Å². The predicted octanol–water partition coefficient (Wildman–Crippen LogP) is 1.48. The fourth-order valence-corrected chi connectivity index (χ4v) is 1.48. The zero-order valence-electron chi connectivity index (χ0n) is 12.1. The van der Waals surface area contributed by atoms with Crippen LogP contribution in [0.4, 0.5) is 0 Å². The molecule has 106 valence electrons. The number of carbonyl (C=O) groups excluding carboxylic acids is 1. The molecule has 0 aromatic carbocycles. The largest absolute Gasteiger partial charge is 0.481 e. The van der Waals surface area contributed by atoms with E-state index >= 15 is 0 Å². The molecular weight excluding hydrogens is 242 g/mol. The van der Waals surface area contributed by atoms with Gasteiger partial charge in [-0.15, -0.1) is 0 Å². The molecule has 0 fully saturated rings. The monoisotopic (exact) mass is 265 g/mol. The highest BCUT2D eigenvalue weighted by Crippen LogP contribution is 2.06. The molecule has 0 saturated heterocycles. The van der Waals surface area contributed by atoms with E-state index in [1.165, 1.54) is 0 Å². The SMILES string of the molecule is COc1ccc(CNC(=O)CCNC(C)(C)C)cn1. The number of hydrogen-bond donors (Lipinski definition) is 2. The molecule has 0 aliphatic heterocycles. The zero-order chi connectivity index (χ0) is 14.3. The second-order valence-corrected chi connectivity index (χ2v) is 5.41. The lowest BCUT2D eigenvalue weighted by Gasteiger charge is -2.20. The van der Waals surface area contributed by atoms with Crippen LogP contribution in [0.2, 0.25) is 0 Å². The molecule has 5 nitrogen and oxygen atoms in total. The van der Waals surface area contributed by atoms with Crippen molar-refractivity contribution in [3.63, 3.8) is 0 Å². The highest BCUT2D eigenvalue weighted by molar-refractivity contribution is 5.76. The van der Waals surface area contributed by atoms with Crippen molar-refractivity contribution in [3.05, 3.63) is 23.9 Å². The van der Waals surface area contributed by atoms with Crippen molar-refractivity contribution >= 4 is 5.91 Å². The minimum absolute atomic E-state index is 0.0348. The quantitative estimate of drug-likeness (QED) is 0.818. The first-order valence-electron chi connectivity index (χ1n) is 6.41. The first-order valence-corrected chi connectivity index (χ1v) is 6.41. The Kier molecular flexibility index (Phi) is 5.76. The van der Waals surface area contributed by atoms with Crippen LogP contribution >= 0.6 is 0 Å². The maximum absolute atomic E-state index is 11.6. The molecule has 5 heteroatoms.